The van der Waals surface area contributed by atoms with Crippen LogP contribution in [0.2, 0.25) is 0 Å². The van der Waals surface area contributed by atoms with E-state index in [0.29, 0.717) is 0 Å². The Bertz CT molecular complexity index is 1440. The Morgan fingerprint density at radius 3 is 2.67 bits per heavy atom. The number of benzene rings is 2. The lowest BCUT2D eigenvalue weighted by Crippen LogP contribution is -2.25. The molecule has 0 saturated heterocycles. The van der Waals surface area contributed by atoms with Crippen LogP contribution in [-0.2, 0) is 22.8 Å². The molecule has 1 aliphatic rings. The van der Waals surface area contributed by atoms with Crippen LogP contribution >= 0.6 is 22.7 Å². The first kappa shape index (κ1) is 22.2. The maximum absolute atomic E-state index is 13.3. The average Bonchev–Trinajstić information content (AvgIpc) is 3.39. The van der Waals surface area contributed by atoms with E-state index < -0.39 is 15.7 Å². The van der Waals surface area contributed by atoms with Gasteiger partial charge in [-0.25, -0.2) is 13.4 Å². The normalized spacial score (nSPS) is 14.4. The summed E-state index contributed by atoms with van der Waals surface area (Å²) in [7, 11) is -1.44. The summed E-state index contributed by atoms with van der Waals surface area (Å²) in [5, 5.41) is 4.64. The highest BCUT2D eigenvalue weighted by atomic mass is 32.2. The predicted molar refractivity (Wildman–Crippen MR) is 135 cm³/mol. The second kappa shape index (κ2) is 8.64. The molecule has 0 saturated carbocycles. The van der Waals surface area contributed by atoms with Crippen LogP contribution in [-0.4, -0.2) is 43.6 Å². The topological polar surface area (TPSA) is 79.4 Å². The number of rotatable bonds is 5. The van der Waals surface area contributed by atoms with E-state index in [1.165, 1.54) is 16.5 Å². The van der Waals surface area contributed by atoms with Crippen molar-refractivity contribution < 1.29 is 13.2 Å². The number of anilines is 1. The summed E-state index contributed by atoms with van der Waals surface area (Å²) in [6.45, 7) is 3.33. The van der Waals surface area contributed by atoms with Gasteiger partial charge in [0.05, 0.1) is 26.4 Å². The third kappa shape index (κ3) is 4.10. The third-order valence-electron chi connectivity index (χ3n) is 5.83. The predicted octanol–water partition coefficient (Wildman–Crippen LogP) is 5.06. The molecule has 33 heavy (non-hydrogen) atoms. The Balaban J connectivity index is 1.60. The Kier molecular flexibility index (Phi) is 5.82. The van der Waals surface area contributed by atoms with Gasteiger partial charge in [-0.15, -0.1) is 22.7 Å². The molecule has 3 heterocycles. The first-order valence-electron chi connectivity index (χ1n) is 10.7. The van der Waals surface area contributed by atoms with Gasteiger partial charge in [-0.05, 0) is 43.3 Å². The van der Waals surface area contributed by atoms with Gasteiger partial charge in [0, 0.05) is 23.5 Å². The van der Waals surface area contributed by atoms with Crippen LogP contribution in [0.5, 0.6) is 0 Å². The number of nitrogens with one attached hydrogen (secondary N) is 1. The number of carbonyl (C=O) groups is 1. The molecule has 2 aromatic heterocycles. The molecule has 0 spiro atoms. The van der Waals surface area contributed by atoms with Crippen molar-refractivity contribution in [2.24, 2.45) is 0 Å². The molecular weight excluding hydrogens is 474 g/mol. The Morgan fingerprint density at radius 2 is 1.88 bits per heavy atom. The molecule has 5 rings (SSSR count). The van der Waals surface area contributed by atoms with E-state index in [9.17, 15) is 13.2 Å². The molecule has 2 aromatic carbocycles. The van der Waals surface area contributed by atoms with Crippen LogP contribution in [0, 0.1) is 0 Å². The summed E-state index contributed by atoms with van der Waals surface area (Å²) in [6, 6.07) is 14.4. The number of thiophene rings is 1. The van der Waals surface area contributed by atoms with E-state index in [1.807, 2.05) is 24.3 Å². The summed E-state index contributed by atoms with van der Waals surface area (Å²) in [4.78, 5) is 21.7. The highest BCUT2D eigenvalue weighted by Gasteiger charge is 2.28. The molecule has 9 heteroatoms. The van der Waals surface area contributed by atoms with E-state index in [4.69, 9.17) is 4.98 Å². The highest BCUT2D eigenvalue weighted by Crippen LogP contribution is 2.45. The Morgan fingerprint density at radius 1 is 1.12 bits per heavy atom. The molecule has 1 N–H and O–H groups in total. The van der Waals surface area contributed by atoms with Gasteiger partial charge in [0.2, 0.25) is 0 Å². The summed E-state index contributed by atoms with van der Waals surface area (Å²) in [5.41, 5.74) is 3.29. The number of amides is 1. The van der Waals surface area contributed by atoms with Gasteiger partial charge in [-0.1, -0.05) is 31.2 Å². The fraction of sp³-hybridized carbons (Fsp3) is 0.250. The van der Waals surface area contributed by atoms with Crippen LogP contribution in [0.15, 0.2) is 53.4 Å². The standard InChI is InChI=1S/C24H23N3O3S3/c1-3-33(29,30)20-11-7-4-8-16(20)22(28)26-24-21(15-12-13-27(2)14-19(15)32-24)23-25-17-9-5-6-10-18(17)31-23/h4-11H,3,12-14H2,1-2H3,(H,26,28). The number of nitrogens with zero attached hydrogens (tertiary/aromatic N) is 2. The number of hydrogen-bond acceptors (Lipinski definition) is 7. The van der Waals surface area contributed by atoms with Crippen LogP contribution in [0.4, 0.5) is 5.00 Å². The van der Waals surface area contributed by atoms with Gasteiger partial charge in [-0.2, -0.15) is 0 Å². The fourth-order valence-electron chi connectivity index (χ4n) is 4.08. The SMILES string of the molecule is CCS(=O)(=O)c1ccccc1C(=O)Nc1sc2c(c1-c1nc3ccccc3s1)CCN(C)C2. The zero-order valence-electron chi connectivity index (χ0n) is 18.3. The van der Waals surface area contributed by atoms with Gasteiger partial charge >= 0.3 is 0 Å². The summed E-state index contributed by atoms with van der Waals surface area (Å²) in [6.07, 6.45) is 0.879. The lowest BCUT2D eigenvalue weighted by atomic mass is 10.0. The molecule has 6 nitrogen and oxygen atoms in total. The highest BCUT2D eigenvalue weighted by molar-refractivity contribution is 7.91. The fourth-order valence-corrected chi connectivity index (χ4v) is 7.60. The number of sulfone groups is 1. The quantitative estimate of drug-likeness (QED) is 0.417. The number of likely N-dealkylation sites (N-methyl/N-ethyl adjacent to an activating group) is 1. The smallest absolute Gasteiger partial charge is 0.257 e. The first-order chi connectivity index (χ1) is 15.9. The second-order valence-electron chi connectivity index (χ2n) is 8.04. The monoisotopic (exact) mass is 497 g/mol. The lowest BCUT2D eigenvalue weighted by Gasteiger charge is -2.22. The Labute approximate surface area is 200 Å². The molecule has 1 aliphatic heterocycles. The molecule has 0 fully saturated rings. The molecule has 0 atom stereocenters. The van der Waals surface area contributed by atoms with Crippen molar-refractivity contribution in [3.05, 3.63) is 64.5 Å². The largest absolute Gasteiger partial charge is 0.313 e. The lowest BCUT2D eigenvalue weighted by molar-refractivity contribution is 0.102. The van der Waals surface area contributed by atoms with Crippen molar-refractivity contribution in [1.29, 1.82) is 0 Å². The average molecular weight is 498 g/mol. The van der Waals surface area contributed by atoms with Crippen LogP contribution < -0.4 is 5.32 Å². The van der Waals surface area contributed by atoms with Gasteiger partial charge < -0.3 is 10.2 Å². The zero-order valence-corrected chi connectivity index (χ0v) is 20.7. The number of aromatic nitrogens is 1. The minimum Gasteiger partial charge on any atom is -0.313 e. The van der Waals surface area contributed by atoms with Gasteiger partial charge in [-0.3, -0.25) is 4.79 Å². The van der Waals surface area contributed by atoms with E-state index in [1.54, 1.807) is 47.8 Å². The number of para-hydroxylation sites is 1. The Hall–Kier alpha value is -2.59. The maximum atomic E-state index is 13.3. The van der Waals surface area contributed by atoms with E-state index >= 15 is 0 Å². The van der Waals surface area contributed by atoms with Crippen LogP contribution in [0.1, 0.15) is 27.7 Å². The third-order valence-corrected chi connectivity index (χ3v) is 9.80. The number of fused-ring (bicyclic) bond motifs is 2. The molecule has 1 amide bonds. The molecule has 0 bridgehead atoms. The molecular formula is C24H23N3O3S3. The minimum absolute atomic E-state index is 0.0616. The number of carbonyl (C=O) groups excluding carboxylic acids is 1. The maximum Gasteiger partial charge on any atom is 0.257 e. The molecule has 0 aliphatic carbocycles. The first-order valence-corrected chi connectivity index (χ1v) is 14.0. The van der Waals surface area contributed by atoms with Gasteiger partial charge in [0.1, 0.15) is 10.0 Å². The summed E-state index contributed by atoms with van der Waals surface area (Å²) in [5.74, 6) is -0.481. The summed E-state index contributed by atoms with van der Waals surface area (Å²) >= 11 is 3.17. The minimum atomic E-state index is -3.53. The zero-order chi connectivity index (χ0) is 23.2. The van der Waals surface area contributed by atoms with Gasteiger partial charge in [0.15, 0.2) is 9.84 Å². The number of hydrogen-bond donors (Lipinski definition) is 1. The van der Waals surface area contributed by atoms with E-state index in [2.05, 4.69) is 17.3 Å². The number of thiazole rings is 1. The van der Waals surface area contributed by atoms with E-state index in [-0.39, 0.29) is 16.2 Å². The van der Waals surface area contributed by atoms with E-state index in [0.717, 1.165) is 45.3 Å². The van der Waals surface area contributed by atoms with Crippen molar-refractivity contribution in [1.82, 2.24) is 9.88 Å². The van der Waals surface area contributed by atoms with Crippen molar-refractivity contribution in [2.45, 2.75) is 24.8 Å². The van der Waals surface area contributed by atoms with Crippen LogP contribution in [0.25, 0.3) is 20.8 Å². The molecule has 4 aromatic rings. The summed E-state index contributed by atoms with van der Waals surface area (Å²) < 4.78 is 26.2. The molecule has 0 unspecified atom stereocenters. The van der Waals surface area contributed by atoms with Crippen molar-refractivity contribution in [3.8, 4) is 10.6 Å². The van der Waals surface area contributed by atoms with Crippen LogP contribution in [0.3, 0.4) is 0 Å². The van der Waals surface area contributed by atoms with Crippen molar-refractivity contribution >= 4 is 53.6 Å². The van der Waals surface area contributed by atoms with Gasteiger partial charge in [0.25, 0.3) is 5.91 Å². The van der Waals surface area contributed by atoms with Crippen molar-refractivity contribution in [3.63, 3.8) is 0 Å². The molecule has 170 valence electrons. The molecule has 0 radical (unpaired) electrons. The van der Waals surface area contributed by atoms with Crippen molar-refractivity contribution in [2.75, 3.05) is 24.7 Å². The second-order valence-corrected chi connectivity index (χ2v) is 12.4.